The summed E-state index contributed by atoms with van der Waals surface area (Å²) in [5.41, 5.74) is 15.8. The number of hydrogen-bond acceptors (Lipinski definition) is 3. The van der Waals surface area contributed by atoms with E-state index in [1.165, 1.54) is 85.8 Å². The van der Waals surface area contributed by atoms with Crippen molar-refractivity contribution in [2.75, 3.05) is 0 Å². The molecule has 0 bridgehead atoms. The Morgan fingerprint density at radius 2 is 0.851 bits per heavy atom. The van der Waals surface area contributed by atoms with E-state index in [4.69, 9.17) is 4.98 Å². The second kappa shape index (κ2) is 15.0. The molecule has 0 radical (unpaired) electrons. The van der Waals surface area contributed by atoms with Gasteiger partial charge in [-0.3, -0.25) is 4.98 Å². The molecule has 0 saturated heterocycles. The van der Waals surface area contributed by atoms with Crippen LogP contribution >= 0.6 is 11.3 Å². The van der Waals surface area contributed by atoms with Crippen molar-refractivity contribution in [3.05, 3.63) is 231 Å². The summed E-state index contributed by atoms with van der Waals surface area (Å²) in [4.78, 5) is 9.64. The van der Waals surface area contributed by atoms with Crippen molar-refractivity contribution in [2.45, 2.75) is 0 Å². The largest absolute Gasteiger partial charge is 0.309 e. The SMILES string of the molecule is c1ccc(-c2cc(-n3c4ccccc4c4cc(-c5ccc6cc(-c7ccc8c9ccccc9n(-c9ccc%10sc%11ccncc%11c%10c9)c8c7)ccc6c5)ccc43)cc(-c3ccccc3)n2)cc1. The smallest absolute Gasteiger partial charge is 0.0730 e. The fourth-order valence-corrected chi connectivity index (χ4v) is 11.4. The number of pyridine rings is 2. The van der Waals surface area contributed by atoms with E-state index in [0.29, 0.717) is 0 Å². The topological polar surface area (TPSA) is 35.6 Å². The van der Waals surface area contributed by atoms with E-state index >= 15 is 0 Å². The summed E-state index contributed by atoms with van der Waals surface area (Å²) >= 11 is 1.82. The average Bonchev–Trinajstić information content (AvgIpc) is 4.05. The van der Waals surface area contributed by atoms with Gasteiger partial charge in [-0.1, -0.05) is 140 Å². The summed E-state index contributed by atoms with van der Waals surface area (Å²) in [6.45, 7) is 0. The number of nitrogens with zero attached hydrogens (tertiary/aromatic N) is 4. The Morgan fingerprint density at radius 3 is 1.55 bits per heavy atom. The molecule has 0 N–H and O–H groups in total. The molecule has 4 nitrogen and oxygen atoms in total. The zero-order chi connectivity index (χ0) is 44.0. The molecule has 0 saturated carbocycles. The third-order valence-electron chi connectivity index (χ3n) is 13.6. The lowest BCUT2D eigenvalue weighted by Gasteiger charge is -2.13. The maximum absolute atomic E-state index is 5.18. The number of rotatable bonds is 6. The average molecular weight is 871 g/mol. The number of aromatic nitrogens is 4. The highest BCUT2D eigenvalue weighted by atomic mass is 32.1. The number of fused-ring (bicyclic) bond motifs is 10. The molecule has 5 heteroatoms. The Bertz CT molecular complexity index is 4220. The van der Waals surface area contributed by atoms with E-state index in [9.17, 15) is 0 Å². The molecule has 0 atom stereocenters. The van der Waals surface area contributed by atoms with Gasteiger partial charge in [0.05, 0.1) is 39.1 Å². The van der Waals surface area contributed by atoms with Crippen LogP contribution in [0, 0.1) is 0 Å². The van der Waals surface area contributed by atoms with Crippen LogP contribution < -0.4 is 0 Å². The molecule has 0 aliphatic heterocycles. The minimum Gasteiger partial charge on any atom is -0.309 e. The van der Waals surface area contributed by atoms with Crippen LogP contribution in [0.1, 0.15) is 0 Å². The first-order valence-corrected chi connectivity index (χ1v) is 23.5. The van der Waals surface area contributed by atoms with E-state index in [-0.39, 0.29) is 0 Å². The number of thiophene rings is 1. The standard InChI is InChI=1S/C62H38N4S/c1-3-11-39(12-4-1)55-36-48(37-56(64-55)40-13-5-2-6-14-40)66-58-18-10-8-16-50(58)52-33-45(24-27-59(52)66)43-21-19-42-32-44(22-20-41(42)31-43)46-23-26-51-49-15-7-9-17-57(49)65(60(51)34-46)47-25-28-61-53(35-47)54-38-63-30-29-62(54)67-61/h1-38H. The molecule has 5 aromatic heterocycles. The molecule has 14 rings (SSSR count). The summed E-state index contributed by atoms with van der Waals surface area (Å²) in [6.07, 6.45) is 3.88. The van der Waals surface area contributed by atoms with E-state index in [1.54, 1.807) is 0 Å². The van der Waals surface area contributed by atoms with Crippen molar-refractivity contribution >= 4 is 85.9 Å². The first kappa shape index (κ1) is 37.7. The van der Waals surface area contributed by atoms with Crippen LogP contribution in [0.15, 0.2) is 231 Å². The van der Waals surface area contributed by atoms with Crippen molar-refractivity contribution in [3.8, 4) is 56.1 Å². The quantitative estimate of drug-likeness (QED) is 0.167. The van der Waals surface area contributed by atoms with E-state index in [1.807, 2.05) is 23.7 Å². The summed E-state index contributed by atoms with van der Waals surface area (Å²) in [5.74, 6) is 0. The fraction of sp³-hybridized carbons (Fsp3) is 0. The molecule has 0 unspecified atom stereocenters. The predicted molar refractivity (Wildman–Crippen MR) is 283 cm³/mol. The highest BCUT2D eigenvalue weighted by molar-refractivity contribution is 7.25. The number of para-hydroxylation sites is 2. The summed E-state index contributed by atoms with van der Waals surface area (Å²) in [6, 6.07) is 79.5. The zero-order valence-electron chi connectivity index (χ0n) is 36.1. The normalized spacial score (nSPS) is 11.9. The zero-order valence-corrected chi connectivity index (χ0v) is 37.0. The van der Waals surface area contributed by atoms with E-state index in [0.717, 1.165) is 44.9 Å². The van der Waals surface area contributed by atoms with Crippen LogP contribution in [0.3, 0.4) is 0 Å². The van der Waals surface area contributed by atoms with Gasteiger partial charge >= 0.3 is 0 Å². The van der Waals surface area contributed by atoms with Crippen molar-refractivity contribution in [1.82, 2.24) is 19.1 Å². The first-order chi connectivity index (χ1) is 33.2. The van der Waals surface area contributed by atoms with Gasteiger partial charge in [0, 0.05) is 70.9 Å². The number of hydrogen-bond donors (Lipinski definition) is 0. The van der Waals surface area contributed by atoms with Crippen LogP contribution in [0.5, 0.6) is 0 Å². The lowest BCUT2D eigenvalue weighted by molar-refractivity contribution is 1.16. The highest BCUT2D eigenvalue weighted by Gasteiger charge is 2.18. The molecule has 0 aliphatic carbocycles. The third kappa shape index (κ3) is 6.13. The van der Waals surface area contributed by atoms with Gasteiger partial charge in [0.2, 0.25) is 0 Å². The van der Waals surface area contributed by atoms with Crippen molar-refractivity contribution in [1.29, 1.82) is 0 Å². The van der Waals surface area contributed by atoms with Gasteiger partial charge in [-0.25, -0.2) is 4.98 Å². The lowest BCUT2D eigenvalue weighted by atomic mass is 9.96. The minimum atomic E-state index is 0.946. The van der Waals surface area contributed by atoms with Crippen molar-refractivity contribution in [3.63, 3.8) is 0 Å². The van der Waals surface area contributed by atoms with Gasteiger partial charge in [0.25, 0.3) is 0 Å². The monoisotopic (exact) mass is 870 g/mol. The predicted octanol–water partition coefficient (Wildman–Crippen LogP) is 16.9. The second-order valence-corrected chi connectivity index (χ2v) is 18.5. The number of benzene rings is 9. The van der Waals surface area contributed by atoms with Crippen LogP contribution in [0.2, 0.25) is 0 Å². The van der Waals surface area contributed by atoms with Gasteiger partial charge in [-0.2, -0.15) is 0 Å². The van der Waals surface area contributed by atoms with Gasteiger partial charge in [-0.15, -0.1) is 11.3 Å². The Labute approximate surface area is 389 Å². The van der Waals surface area contributed by atoms with Crippen molar-refractivity contribution in [2.24, 2.45) is 0 Å². The molecular weight excluding hydrogens is 833 g/mol. The lowest BCUT2D eigenvalue weighted by Crippen LogP contribution is -1.98. The van der Waals surface area contributed by atoms with Gasteiger partial charge in [-0.05, 0) is 112 Å². The van der Waals surface area contributed by atoms with Crippen LogP contribution in [0.4, 0.5) is 0 Å². The molecule has 14 aromatic rings. The molecule has 0 fully saturated rings. The van der Waals surface area contributed by atoms with Gasteiger partial charge in [0.15, 0.2) is 0 Å². The van der Waals surface area contributed by atoms with Crippen LogP contribution in [-0.4, -0.2) is 19.1 Å². The molecule has 0 aliphatic rings. The fourth-order valence-electron chi connectivity index (χ4n) is 10.4. The van der Waals surface area contributed by atoms with Crippen LogP contribution in [0.25, 0.3) is 131 Å². The minimum absolute atomic E-state index is 0.946. The Kier molecular flexibility index (Phi) is 8.42. The molecule has 9 aromatic carbocycles. The molecule has 5 heterocycles. The third-order valence-corrected chi connectivity index (χ3v) is 14.7. The molecule has 0 spiro atoms. The van der Waals surface area contributed by atoms with Crippen LogP contribution in [-0.2, 0) is 0 Å². The summed E-state index contributed by atoms with van der Waals surface area (Å²) in [7, 11) is 0. The van der Waals surface area contributed by atoms with E-state index in [2.05, 4.69) is 233 Å². The Hall–Kier alpha value is -8.64. The molecule has 312 valence electrons. The van der Waals surface area contributed by atoms with Gasteiger partial charge < -0.3 is 9.13 Å². The molecule has 0 amide bonds. The highest BCUT2D eigenvalue weighted by Crippen LogP contribution is 2.41. The van der Waals surface area contributed by atoms with Crippen molar-refractivity contribution < 1.29 is 0 Å². The first-order valence-electron chi connectivity index (χ1n) is 22.7. The molecular formula is C62H38N4S. The Balaban J connectivity index is 0.851. The van der Waals surface area contributed by atoms with E-state index < -0.39 is 0 Å². The van der Waals surface area contributed by atoms with Gasteiger partial charge in [0.1, 0.15) is 0 Å². The second-order valence-electron chi connectivity index (χ2n) is 17.4. The Morgan fingerprint density at radius 1 is 0.313 bits per heavy atom. The maximum Gasteiger partial charge on any atom is 0.0730 e. The maximum atomic E-state index is 5.18. The summed E-state index contributed by atoms with van der Waals surface area (Å²) in [5, 5.41) is 9.81. The molecule has 67 heavy (non-hydrogen) atoms. The summed E-state index contributed by atoms with van der Waals surface area (Å²) < 4.78 is 7.36.